The van der Waals surface area contributed by atoms with Crippen LogP contribution < -0.4 is 10.2 Å². The number of nitrogens with zero attached hydrogens (tertiary/aromatic N) is 4. The normalized spacial score (nSPS) is 28.2. The zero-order chi connectivity index (χ0) is 20.0. The maximum atomic E-state index is 13.3. The molecule has 3 aliphatic heterocycles. The van der Waals surface area contributed by atoms with Crippen molar-refractivity contribution in [2.24, 2.45) is 5.92 Å². The van der Waals surface area contributed by atoms with E-state index >= 15 is 0 Å². The molecule has 0 radical (unpaired) electrons. The minimum Gasteiger partial charge on any atom is -0.343 e. The number of urea groups is 1. The van der Waals surface area contributed by atoms with Gasteiger partial charge in [0, 0.05) is 32.4 Å². The van der Waals surface area contributed by atoms with E-state index in [4.69, 9.17) is 0 Å². The van der Waals surface area contributed by atoms with Gasteiger partial charge in [0.1, 0.15) is 18.5 Å². The predicted octanol–water partition coefficient (Wildman–Crippen LogP) is 2.03. The number of aryl methyl sites for hydroxylation is 1. The fraction of sp³-hybridized carbons (Fsp3) is 0.619. The van der Waals surface area contributed by atoms with Crippen molar-refractivity contribution in [3.63, 3.8) is 0 Å². The molecular formula is C21H31N5O2. The van der Waals surface area contributed by atoms with Gasteiger partial charge in [-0.1, -0.05) is 32.0 Å². The van der Waals surface area contributed by atoms with Crippen molar-refractivity contribution in [3.05, 3.63) is 29.8 Å². The van der Waals surface area contributed by atoms with Crippen LogP contribution in [-0.4, -0.2) is 71.8 Å². The van der Waals surface area contributed by atoms with Gasteiger partial charge in [0.25, 0.3) is 5.91 Å². The van der Waals surface area contributed by atoms with Gasteiger partial charge in [-0.3, -0.25) is 19.9 Å². The third-order valence-corrected chi connectivity index (χ3v) is 6.22. The molecule has 0 aromatic heterocycles. The van der Waals surface area contributed by atoms with E-state index in [1.54, 1.807) is 11.9 Å². The average Bonchev–Trinajstić information content (AvgIpc) is 3.06. The molecule has 152 valence electrons. The SMILES string of the molecule is Cc1ccccc1N1CCCN2C3C(=O)N(CCC(C)C)C(=O)N(C)C3NC12. The number of fused-ring (bicyclic) bond motifs is 3. The van der Waals surface area contributed by atoms with Crippen LogP contribution in [-0.2, 0) is 4.79 Å². The molecule has 3 unspecified atom stereocenters. The number of anilines is 1. The molecule has 3 aliphatic rings. The zero-order valence-electron chi connectivity index (χ0n) is 17.3. The molecule has 4 rings (SSSR count). The fourth-order valence-electron chi connectivity index (χ4n) is 4.64. The van der Waals surface area contributed by atoms with Crippen LogP contribution in [0.15, 0.2) is 24.3 Å². The van der Waals surface area contributed by atoms with Crippen LogP contribution in [0.5, 0.6) is 0 Å². The molecule has 0 spiro atoms. The number of nitrogens with one attached hydrogen (secondary N) is 1. The Labute approximate surface area is 167 Å². The van der Waals surface area contributed by atoms with Gasteiger partial charge in [-0.25, -0.2) is 4.79 Å². The molecule has 3 fully saturated rings. The summed E-state index contributed by atoms with van der Waals surface area (Å²) >= 11 is 0. The summed E-state index contributed by atoms with van der Waals surface area (Å²) in [6, 6.07) is 7.83. The fourth-order valence-corrected chi connectivity index (χ4v) is 4.64. The van der Waals surface area contributed by atoms with Gasteiger partial charge in [0.15, 0.2) is 0 Å². The highest BCUT2D eigenvalue weighted by Gasteiger charge is 2.56. The van der Waals surface area contributed by atoms with Crippen molar-refractivity contribution in [1.29, 1.82) is 0 Å². The predicted molar refractivity (Wildman–Crippen MR) is 109 cm³/mol. The number of amides is 3. The standard InChI is InChI=1S/C21H31N5O2/c1-14(2)10-13-26-19(27)17-18(23(4)21(26)28)22-20-24(11-7-12-25(17)20)16-9-6-5-8-15(16)3/h5-6,8-9,14,17-18,20,22H,7,10-13H2,1-4H3. The lowest BCUT2D eigenvalue weighted by atomic mass is 10.1. The number of likely N-dealkylation sites (N-methyl/N-ethyl adjacent to an activating group) is 1. The monoisotopic (exact) mass is 385 g/mol. The first-order valence-corrected chi connectivity index (χ1v) is 10.3. The van der Waals surface area contributed by atoms with E-state index in [-0.39, 0.29) is 30.4 Å². The smallest absolute Gasteiger partial charge is 0.327 e. The Morgan fingerprint density at radius 2 is 1.93 bits per heavy atom. The number of carbonyl (C=O) groups excluding carboxylic acids is 2. The third kappa shape index (κ3) is 3.06. The molecule has 1 aromatic rings. The first kappa shape index (κ1) is 19.2. The molecule has 0 saturated carbocycles. The molecule has 3 atom stereocenters. The average molecular weight is 386 g/mol. The summed E-state index contributed by atoms with van der Waals surface area (Å²) in [6.07, 6.45) is 1.46. The minimum atomic E-state index is -0.327. The van der Waals surface area contributed by atoms with E-state index in [0.29, 0.717) is 12.5 Å². The largest absolute Gasteiger partial charge is 0.343 e. The van der Waals surface area contributed by atoms with Crippen molar-refractivity contribution >= 4 is 17.6 Å². The number of rotatable bonds is 4. The quantitative estimate of drug-likeness (QED) is 0.859. The van der Waals surface area contributed by atoms with Crippen molar-refractivity contribution in [3.8, 4) is 0 Å². The van der Waals surface area contributed by atoms with Crippen LogP contribution in [0, 0.1) is 12.8 Å². The molecule has 28 heavy (non-hydrogen) atoms. The number of hydrogen-bond acceptors (Lipinski definition) is 5. The highest BCUT2D eigenvalue weighted by molar-refractivity contribution is 6.00. The Balaban J connectivity index is 1.62. The summed E-state index contributed by atoms with van der Waals surface area (Å²) in [7, 11) is 1.80. The number of benzene rings is 1. The number of carbonyl (C=O) groups is 2. The number of hydrogen-bond donors (Lipinski definition) is 1. The molecule has 3 amide bonds. The lowest BCUT2D eigenvalue weighted by Gasteiger charge is -2.44. The summed E-state index contributed by atoms with van der Waals surface area (Å²) in [5.74, 6) is 0.389. The lowest BCUT2D eigenvalue weighted by molar-refractivity contribution is -0.138. The molecule has 7 heteroatoms. The summed E-state index contributed by atoms with van der Waals surface area (Å²) in [5, 5.41) is 3.58. The molecule has 3 heterocycles. The van der Waals surface area contributed by atoms with Gasteiger partial charge in [-0.05, 0) is 37.3 Å². The maximum absolute atomic E-state index is 13.3. The van der Waals surface area contributed by atoms with E-state index in [1.807, 2.05) is 6.07 Å². The second-order valence-corrected chi connectivity index (χ2v) is 8.57. The Hall–Kier alpha value is -2.12. The first-order chi connectivity index (χ1) is 13.4. The molecule has 0 aliphatic carbocycles. The third-order valence-electron chi connectivity index (χ3n) is 6.22. The Morgan fingerprint density at radius 1 is 1.18 bits per heavy atom. The summed E-state index contributed by atoms with van der Waals surface area (Å²) in [6.45, 7) is 8.62. The van der Waals surface area contributed by atoms with E-state index in [2.05, 4.69) is 54.1 Å². The van der Waals surface area contributed by atoms with Gasteiger partial charge in [-0.15, -0.1) is 0 Å². The lowest BCUT2D eigenvalue weighted by Crippen LogP contribution is -2.66. The van der Waals surface area contributed by atoms with E-state index in [1.165, 1.54) is 16.2 Å². The van der Waals surface area contributed by atoms with Gasteiger partial charge in [0.05, 0.1) is 0 Å². The Morgan fingerprint density at radius 3 is 2.64 bits per heavy atom. The molecule has 1 N–H and O–H groups in total. The van der Waals surface area contributed by atoms with Crippen molar-refractivity contribution in [2.75, 3.05) is 31.6 Å². The van der Waals surface area contributed by atoms with Crippen molar-refractivity contribution < 1.29 is 9.59 Å². The zero-order valence-corrected chi connectivity index (χ0v) is 17.3. The van der Waals surface area contributed by atoms with E-state index < -0.39 is 0 Å². The second kappa shape index (κ2) is 7.37. The molecule has 1 aromatic carbocycles. The summed E-state index contributed by atoms with van der Waals surface area (Å²) in [5.41, 5.74) is 2.40. The Kier molecular flexibility index (Phi) is 5.05. The topological polar surface area (TPSA) is 59.1 Å². The molecular weight excluding hydrogens is 354 g/mol. The van der Waals surface area contributed by atoms with Crippen LogP contribution in [0.2, 0.25) is 0 Å². The van der Waals surface area contributed by atoms with Gasteiger partial charge >= 0.3 is 6.03 Å². The first-order valence-electron chi connectivity index (χ1n) is 10.3. The Bertz CT molecular complexity index is 767. The number of imide groups is 1. The second-order valence-electron chi connectivity index (χ2n) is 8.57. The van der Waals surface area contributed by atoms with Crippen LogP contribution in [0.3, 0.4) is 0 Å². The van der Waals surface area contributed by atoms with Crippen molar-refractivity contribution in [1.82, 2.24) is 20.0 Å². The number of para-hydroxylation sites is 1. The summed E-state index contributed by atoms with van der Waals surface area (Å²) < 4.78 is 0. The van der Waals surface area contributed by atoms with E-state index in [9.17, 15) is 9.59 Å². The van der Waals surface area contributed by atoms with Gasteiger partial charge in [0.2, 0.25) is 0 Å². The van der Waals surface area contributed by atoms with Crippen LogP contribution >= 0.6 is 0 Å². The molecule has 7 nitrogen and oxygen atoms in total. The minimum absolute atomic E-state index is 0.0598. The van der Waals surface area contributed by atoms with Crippen LogP contribution in [0.1, 0.15) is 32.3 Å². The summed E-state index contributed by atoms with van der Waals surface area (Å²) in [4.78, 5) is 33.9. The van der Waals surface area contributed by atoms with Crippen LogP contribution in [0.4, 0.5) is 10.5 Å². The van der Waals surface area contributed by atoms with Crippen molar-refractivity contribution in [2.45, 2.75) is 52.1 Å². The highest BCUT2D eigenvalue weighted by Crippen LogP contribution is 2.34. The highest BCUT2D eigenvalue weighted by atomic mass is 16.2. The van der Waals surface area contributed by atoms with Crippen LogP contribution in [0.25, 0.3) is 0 Å². The molecule has 0 bridgehead atoms. The molecule has 3 saturated heterocycles. The van der Waals surface area contributed by atoms with Gasteiger partial charge in [-0.2, -0.15) is 0 Å². The van der Waals surface area contributed by atoms with E-state index in [0.717, 1.165) is 25.9 Å². The van der Waals surface area contributed by atoms with Gasteiger partial charge < -0.3 is 9.80 Å². The maximum Gasteiger partial charge on any atom is 0.327 e.